The number of ether oxygens (including phenoxy) is 1. The predicted octanol–water partition coefficient (Wildman–Crippen LogP) is 3.40. The van der Waals surface area contributed by atoms with Gasteiger partial charge in [-0.3, -0.25) is 0 Å². The van der Waals surface area contributed by atoms with Gasteiger partial charge in [0, 0.05) is 6.54 Å². The molecule has 0 atom stereocenters. The van der Waals surface area contributed by atoms with Gasteiger partial charge in [0.25, 0.3) is 0 Å². The minimum Gasteiger partial charge on any atom is -0.444 e. The van der Waals surface area contributed by atoms with E-state index in [-0.39, 0.29) is 0 Å². The second-order valence-corrected chi connectivity index (χ2v) is 7.56. The summed E-state index contributed by atoms with van der Waals surface area (Å²) in [5.41, 5.74) is -0.0498. The molecule has 0 saturated carbocycles. The maximum atomic E-state index is 12.0. The summed E-state index contributed by atoms with van der Waals surface area (Å²) >= 11 is 1.83. The van der Waals surface area contributed by atoms with Crippen LogP contribution in [0.3, 0.4) is 0 Å². The molecule has 0 radical (unpaired) electrons. The van der Waals surface area contributed by atoms with Crippen LogP contribution in [0.1, 0.15) is 46.7 Å². The monoisotopic (exact) mass is 313 g/mol. The quantitative estimate of drug-likeness (QED) is 0.818. The fourth-order valence-electron chi connectivity index (χ4n) is 2.02. The molecule has 0 fully saturated rings. The first-order valence-electron chi connectivity index (χ1n) is 7.16. The number of carbonyl (C=O) groups is 1. The number of imidazole rings is 1. The fraction of sp³-hybridized carbons (Fsp3) is 0.733. The number of nitrogens with one attached hydrogen (secondary N) is 1. The normalized spacial score (nSPS) is 12.3. The van der Waals surface area contributed by atoms with E-state index in [1.54, 1.807) is 6.20 Å². The van der Waals surface area contributed by atoms with Crippen molar-refractivity contribution in [1.29, 1.82) is 0 Å². The molecule has 1 N–H and O–H groups in total. The van der Waals surface area contributed by atoms with E-state index in [1.165, 1.54) is 0 Å². The Morgan fingerprint density at radius 3 is 2.62 bits per heavy atom. The molecule has 0 bridgehead atoms. The van der Waals surface area contributed by atoms with Crippen molar-refractivity contribution in [1.82, 2.24) is 14.9 Å². The van der Waals surface area contributed by atoms with E-state index < -0.39 is 17.2 Å². The summed E-state index contributed by atoms with van der Waals surface area (Å²) in [5.74, 6) is 1.11. The smallest absolute Gasteiger partial charge is 0.408 e. The van der Waals surface area contributed by atoms with Crippen LogP contribution in [0.5, 0.6) is 0 Å². The Balaban J connectivity index is 2.74. The molecule has 0 aromatic carbocycles. The molecule has 5 nitrogen and oxygen atoms in total. The Morgan fingerprint density at radius 2 is 2.05 bits per heavy atom. The van der Waals surface area contributed by atoms with Crippen LogP contribution in [-0.2, 0) is 16.8 Å². The van der Waals surface area contributed by atoms with E-state index in [2.05, 4.69) is 21.1 Å². The van der Waals surface area contributed by atoms with Crippen LogP contribution in [0, 0.1) is 0 Å². The third-order valence-electron chi connectivity index (χ3n) is 2.91. The number of nitrogens with zero attached hydrogens (tertiary/aromatic N) is 2. The lowest BCUT2D eigenvalue weighted by Crippen LogP contribution is -2.44. The molecule has 0 spiro atoms. The van der Waals surface area contributed by atoms with Gasteiger partial charge >= 0.3 is 6.09 Å². The molecule has 0 aliphatic rings. The molecule has 1 rings (SSSR count). The van der Waals surface area contributed by atoms with E-state index in [0.717, 1.165) is 24.4 Å². The van der Waals surface area contributed by atoms with Crippen molar-refractivity contribution < 1.29 is 9.53 Å². The Hall–Kier alpha value is -1.17. The zero-order valence-corrected chi connectivity index (χ0v) is 14.7. The van der Waals surface area contributed by atoms with Gasteiger partial charge in [-0.05, 0) is 53.0 Å². The standard InChI is InChI=1S/C15H27N3O2S/c1-14(2,3)20-13(19)17-15(4,5)12-10-16-11-18(12)8-7-9-21-6/h10-11H,7-9H2,1-6H3,(H,17,19). The van der Waals surface area contributed by atoms with Gasteiger partial charge in [-0.2, -0.15) is 11.8 Å². The lowest BCUT2D eigenvalue weighted by molar-refractivity contribution is 0.0466. The number of alkyl carbamates (subject to hydrolysis) is 1. The topological polar surface area (TPSA) is 56.2 Å². The second-order valence-electron chi connectivity index (χ2n) is 6.57. The van der Waals surface area contributed by atoms with Gasteiger partial charge in [0.15, 0.2) is 0 Å². The van der Waals surface area contributed by atoms with Crippen LogP contribution < -0.4 is 5.32 Å². The van der Waals surface area contributed by atoms with Crippen molar-refractivity contribution in [2.75, 3.05) is 12.0 Å². The first-order chi connectivity index (χ1) is 9.65. The SMILES string of the molecule is CSCCCn1cncc1C(C)(C)NC(=O)OC(C)(C)C. The van der Waals surface area contributed by atoms with Crippen LogP contribution >= 0.6 is 11.8 Å². The molecular weight excluding hydrogens is 286 g/mol. The Bertz CT molecular complexity index is 464. The van der Waals surface area contributed by atoms with Gasteiger partial charge in [0.1, 0.15) is 5.60 Å². The minimum absolute atomic E-state index is 0.413. The minimum atomic E-state index is -0.530. The molecule has 21 heavy (non-hydrogen) atoms. The summed E-state index contributed by atoms with van der Waals surface area (Å²) in [6.07, 6.45) is 6.38. The molecular formula is C15H27N3O2S. The molecule has 0 saturated heterocycles. The summed E-state index contributed by atoms with van der Waals surface area (Å²) in [7, 11) is 0. The lowest BCUT2D eigenvalue weighted by Gasteiger charge is -2.29. The van der Waals surface area contributed by atoms with Gasteiger partial charge in [-0.15, -0.1) is 0 Å². The first kappa shape index (κ1) is 17.9. The van der Waals surface area contributed by atoms with Gasteiger partial charge in [-0.1, -0.05) is 0 Å². The molecule has 0 aliphatic carbocycles. The Morgan fingerprint density at radius 1 is 1.38 bits per heavy atom. The maximum absolute atomic E-state index is 12.0. The molecule has 0 unspecified atom stereocenters. The Labute approximate surface area is 131 Å². The number of rotatable bonds is 6. The molecule has 1 aromatic heterocycles. The van der Waals surface area contributed by atoms with Gasteiger partial charge in [0.05, 0.1) is 23.8 Å². The number of amides is 1. The Kier molecular flexibility index (Phi) is 6.13. The van der Waals surface area contributed by atoms with Crippen LogP contribution in [0.25, 0.3) is 0 Å². The van der Waals surface area contributed by atoms with Crippen molar-refractivity contribution in [3.8, 4) is 0 Å². The zero-order valence-electron chi connectivity index (χ0n) is 13.9. The second kappa shape index (κ2) is 7.20. The van der Waals surface area contributed by atoms with Gasteiger partial charge in [-0.25, -0.2) is 9.78 Å². The summed E-state index contributed by atoms with van der Waals surface area (Å²) in [4.78, 5) is 16.2. The largest absolute Gasteiger partial charge is 0.444 e. The highest BCUT2D eigenvalue weighted by Gasteiger charge is 2.28. The van der Waals surface area contributed by atoms with E-state index >= 15 is 0 Å². The first-order valence-corrected chi connectivity index (χ1v) is 8.56. The summed E-state index contributed by atoms with van der Waals surface area (Å²) in [6.45, 7) is 10.4. The van der Waals surface area contributed by atoms with Crippen molar-refractivity contribution in [2.45, 2.75) is 58.7 Å². The number of thioether (sulfide) groups is 1. The zero-order chi connectivity index (χ0) is 16.1. The number of hydrogen-bond donors (Lipinski definition) is 1. The fourth-order valence-corrected chi connectivity index (χ4v) is 2.44. The van der Waals surface area contributed by atoms with Crippen LogP contribution in [0.2, 0.25) is 0 Å². The highest BCUT2D eigenvalue weighted by atomic mass is 32.2. The number of aromatic nitrogens is 2. The summed E-state index contributed by atoms with van der Waals surface area (Å²) < 4.78 is 7.42. The average Bonchev–Trinajstić information content (AvgIpc) is 2.74. The van der Waals surface area contributed by atoms with Crippen molar-refractivity contribution in [2.24, 2.45) is 0 Å². The van der Waals surface area contributed by atoms with Crippen molar-refractivity contribution in [3.05, 3.63) is 18.2 Å². The predicted molar refractivity (Wildman–Crippen MR) is 87.6 cm³/mol. The summed E-state index contributed by atoms with van der Waals surface area (Å²) in [5, 5.41) is 2.92. The van der Waals surface area contributed by atoms with Crippen LogP contribution in [-0.4, -0.2) is 33.3 Å². The third-order valence-corrected chi connectivity index (χ3v) is 3.61. The average molecular weight is 313 g/mol. The van der Waals surface area contributed by atoms with E-state index in [4.69, 9.17) is 4.74 Å². The van der Waals surface area contributed by atoms with E-state index in [1.807, 2.05) is 52.7 Å². The van der Waals surface area contributed by atoms with E-state index in [9.17, 15) is 4.79 Å². The number of hydrogen-bond acceptors (Lipinski definition) is 4. The molecule has 1 amide bonds. The van der Waals surface area contributed by atoms with Crippen LogP contribution in [0.4, 0.5) is 4.79 Å². The van der Waals surface area contributed by atoms with Crippen molar-refractivity contribution in [3.63, 3.8) is 0 Å². The van der Waals surface area contributed by atoms with E-state index in [0.29, 0.717) is 0 Å². The van der Waals surface area contributed by atoms with Crippen LogP contribution in [0.15, 0.2) is 12.5 Å². The number of carbonyl (C=O) groups excluding carboxylic acids is 1. The molecule has 6 heteroatoms. The molecule has 0 aliphatic heterocycles. The van der Waals surface area contributed by atoms with Gasteiger partial charge < -0.3 is 14.6 Å². The highest BCUT2D eigenvalue weighted by molar-refractivity contribution is 7.98. The van der Waals surface area contributed by atoms with Crippen molar-refractivity contribution >= 4 is 17.9 Å². The maximum Gasteiger partial charge on any atom is 0.408 e. The number of aryl methyl sites for hydroxylation is 1. The molecule has 1 aromatic rings. The molecule has 1 heterocycles. The molecule has 120 valence electrons. The lowest BCUT2D eigenvalue weighted by atomic mass is 10.0. The third kappa shape index (κ3) is 5.99. The van der Waals surface area contributed by atoms with Gasteiger partial charge in [0.2, 0.25) is 0 Å². The summed E-state index contributed by atoms with van der Waals surface area (Å²) in [6, 6.07) is 0. The highest BCUT2D eigenvalue weighted by Crippen LogP contribution is 2.21.